The zero-order chi connectivity index (χ0) is 7.14. The maximum absolute atomic E-state index is 10.4. The molecule has 2 aliphatic rings. The fourth-order valence-corrected chi connectivity index (χ4v) is 1.80. The standard InChI is InChI=1S/C6H11N3O/c7-6(10)9-5-3-1-8-2-4(3)5/h3-5,8H,1-2H2,(H3,7,9,10). The van der Waals surface area contributed by atoms with Gasteiger partial charge in [-0.3, -0.25) is 0 Å². The van der Waals surface area contributed by atoms with E-state index in [1.54, 1.807) is 0 Å². The zero-order valence-corrected chi connectivity index (χ0v) is 5.63. The average Bonchev–Trinajstić information content (AvgIpc) is 2.40. The highest BCUT2D eigenvalue weighted by atomic mass is 16.2. The quantitative estimate of drug-likeness (QED) is 0.432. The van der Waals surface area contributed by atoms with E-state index in [9.17, 15) is 4.79 Å². The van der Waals surface area contributed by atoms with Gasteiger partial charge in [-0.05, 0) is 11.8 Å². The molecule has 1 saturated carbocycles. The number of piperidine rings is 1. The van der Waals surface area contributed by atoms with Crippen LogP contribution >= 0.6 is 0 Å². The van der Waals surface area contributed by atoms with Gasteiger partial charge in [-0.1, -0.05) is 0 Å². The number of nitrogens with one attached hydrogen (secondary N) is 2. The average molecular weight is 141 g/mol. The molecule has 1 aliphatic carbocycles. The van der Waals surface area contributed by atoms with Crippen LogP contribution in [0.2, 0.25) is 0 Å². The van der Waals surface area contributed by atoms with Crippen LogP contribution in [0.3, 0.4) is 0 Å². The Morgan fingerprint density at radius 3 is 2.60 bits per heavy atom. The molecule has 0 aromatic carbocycles. The van der Waals surface area contributed by atoms with Crippen molar-refractivity contribution >= 4 is 6.03 Å². The summed E-state index contributed by atoms with van der Waals surface area (Å²) in [6.07, 6.45) is 0. The number of urea groups is 1. The first-order chi connectivity index (χ1) is 4.79. The van der Waals surface area contributed by atoms with Gasteiger partial charge in [0.1, 0.15) is 0 Å². The van der Waals surface area contributed by atoms with Gasteiger partial charge in [0, 0.05) is 19.1 Å². The summed E-state index contributed by atoms with van der Waals surface area (Å²) in [7, 11) is 0. The molecule has 0 bridgehead atoms. The first kappa shape index (κ1) is 5.97. The Kier molecular flexibility index (Phi) is 1.11. The van der Waals surface area contributed by atoms with E-state index in [4.69, 9.17) is 5.73 Å². The molecule has 0 radical (unpaired) electrons. The third kappa shape index (κ3) is 0.759. The third-order valence-corrected chi connectivity index (χ3v) is 2.40. The Hall–Kier alpha value is -0.770. The number of amides is 2. The Bertz CT molecular complexity index is 160. The number of hydrogen-bond donors (Lipinski definition) is 3. The van der Waals surface area contributed by atoms with Crippen molar-refractivity contribution in [3.8, 4) is 0 Å². The minimum absolute atomic E-state index is 0.374. The van der Waals surface area contributed by atoms with Crippen molar-refractivity contribution in [2.45, 2.75) is 6.04 Å². The second-order valence-electron chi connectivity index (χ2n) is 3.02. The molecule has 1 heterocycles. The van der Waals surface area contributed by atoms with Gasteiger partial charge in [-0.25, -0.2) is 4.79 Å². The van der Waals surface area contributed by atoms with Gasteiger partial charge in [0.15, 0.2) is 0 Å². The number of carbonyl (C=O) groups is 1. The number of fused-ring (bicyclic) bond motifs is 1. The second-order valence-corrected chi connectivity index (χ2v) is 3.02. The molecular formula is C6H11N3O. The fourth-order valence-electron chi connectivity index (χ4n) is 1.80. The number of nitrogens with two attached hydrogens (primary N) is 1. The second kappa shape index (κ2) is 1.85. The molecule has 0 aromatic rings. The first-order valence-electron chi connectivity index (χ1n) is 3.56. The van der Waals surface area contributed by atoms with Crippen LogP contribution in [0.5, 0.6) is 0 Å². The van der Waals surface area contributed by atoms with Gasteiger partial charge in [0.25, 0.3) is 0 Å². The maximum Gasteiger partial charge on any atom is 0.312 e. The summed E-state index contributed by atoms with van der Waals surface area (Å²) in [5, 5.41) is 5.95. The summed E-state index contributed by atoms with van der Waals surface area (Å²) in [4.78, 5) is 10.4. The molecule has 4 N–H and O–H groups in total. The van der Waals surface area contributed by atoms with Crippen LogP contribution in [0, 0.1) is 11.8 Å². The number of hydrogen-bond acceptors (Lipinski definition) is 2. The Balaban J connectivity index is 1.84. The van der Waals surface area contributed by atoms with Crippen molar-refractivity contribution in [1.29, 1.82) is 0 Å². The summed E-state index contributed by atoms with van der Waals surface area (Å²) >= 11 is 0. The van der Waals surface area contributed by atoms with Crippen molar-refractivity contribution in [1.82, 2.24) is 10.6 Å². The SMILES string of the molecule is NC(=O)NC1C2CNCC21. The largest absolute Gasteiger partial charge is 0.352 e. The maximum atomic E-state index is 10.4. The van der Waals surface area contributed by atoms with Crippen molar-refractivity contribution in [3.63, 3.8) is 0 Å². The highest BCUT2D eigenvalue weighted by molar-refractivity contribution is 5.72. The molecule has 0 aromatic heterocycles. The first-order valence-corrected chi connectivity index (χ1v) is 3.56. The number of primary amides is 1. The van der Waals surface area contributed by atoms with Crippen molar-refractivity contribution in [3.05, 3.63) is 0 Å². The molecular weight excluding hydrogens is 130 g/mol. The summed E-state index contributed by atoms with van der Waals surface area (Å²) < 4.78 is 0. The van der Waals surface area contributed by atoms with E-state index in [1.807, 2.05) is 0 Å². The van der Waals surface area contributed by atoms with Crippen LogP contribution in [-0.2, 0) is 0 Å². The van der Waals surface area contributed by atoms with Gasteiger partial charge in [-0.15, -0.1) is 0 Å². The lowest BCUT2D eigenvalue weighted by molar-refractivity contribution is 0.247. The molecule has 1 saturated heterocycles. The third-order valence-electron chi connectivity index (χ3n) is 2.40. The molecule has 2 fully saturated rings. The minimum Gasteiger partial charge on any atom is -0.352 e. The van der Waals surface area contributed by atoms with Crippen molar-refractivity contribution < 1.29 is 4.79 Å². The van der Waals surface area contributed by atoms with E-state index in [0.29, 0.717) is 17.9 Å². The number of rotatable bonds is 1. The van der Waals surface area contributed by atoms with Crippen LogP contribution in [0.1, 0.15) is 0 Å². The van der Waals surface area contributed by atoms with Gasteiger partial charge in [0.2, 0.25) is 0 Å². The molecule has 4 nitrogen and oxygen atoms in total. The van der Waals surface area contributed by atoms with Crippen molar-refractivity contribution in [2.24, 2.45) is 17.6 Å². The summed E-state index contributed by atoms with van der Waals surface area (Å²) in [5.41, 5.74) is 4.97. The number of carbonyl (C=O) groups excluding carboxylic acids is 1. The predicted molar refractivity (Wildman–Crippen MR) is 36.4 cm³/mol. The molecule has 0 spiro atoms. The minimum atomic E-state index is -0.389. The van der Waals surface area contributed by atoms with Gasteiger partial charge in [-0.2, -0.15) is 0 Å². The summed E-state index contributed by atoms with van der Waals surface area (Å²) in [6.45, 7) is 2.07. The van der Waals surface area contributed by atoms with E-state index in [2.05, 4.69) is 10.6 Å². The van der Waals surface area contributed by atoms with Crippen LogP contribution in [0.15, 0.2) is 0 Å². The normalized spacial score (nSPS) is 42.6. The van der Waals surface area contributed by atoms with Gasteiger partial charge in [0.05, 0.1) is 0 Å². The summed E-state index contributed by atoms with van der Waals surface area (Å²) in [6, 6.07) is -0.0156. The molecule has 2 unspecified atom stereocenters. The van der Waals surface area contributed by atoms with E-state index in [1.165, 1.54) is 0 Å². The van der Waals surface area contributed by atoms with Gasteiger partial charge < -0.3 is 16.4 Å². The smallest absolute Gasteiger partial charge is 0.312 e. The highest BCUT2D eigenvalue weighted by Crippen LogP contribution is 2.41. The van der Waals surface area contributed by atoms with E-state index in [0.717, 1.165) is 13.1 Å². The lowest BCUT2D eigenvalue weighted by Crippen LogP contribution is -2.36. The predicted octanol–water partition coefficient (Wildman–Crippen LogP) is -1.13. The molecule has 2 atom stereocenters. The Labute approximate surface area is 59.2 Å². The fraction of sp³-hybridized carbons (Fsp3) is 0.833. The monoisotopic (exact) mass is 141 g/mol. The highest BCUT2D eigenvalue weighted by Gasteiger charge is 2.53. The summed E-state index contributed by atoms with van der Waals surface area (Å²) in [5.74, 6) is 1.32. The lowest BCUT2D eigenvalue weighted by atomic mass is 10.4. The molecule has 10 heavy (non-hydrogen) atoms. The van der Waals surface area contributed by atoms with Crippen LogP contribution < -0.4 is 16.4 Å². The molecule has 4 heteroatoms. The Morgan fingerprint density at radius 2 is 2.10 bits per heavy atom. The zero-order valence-electron chi connectivity index (χ0n) is 5.63. The molecule has 2 amide bonds. The molecule has 2 rings (SSSR count). The van der Waals surface area contributed by atoms with Crippen LogP contribution in [0.25, 0.3) is 0 Å². The topological polar surface area (TPSA) is 67.2 Å². The Morgan fingerprint density at radius 1 is 1.50 bits per heavy atom. The van der Waals surface area contributed by atoms with E-state index < -0.39 is 0 Å². The van der Waals surface area contributed by atoms with Gasteiger partial charge >= 0.3 is 6.03 Å². The van der Waals surface area contributed by atoms with Crippen LogP contribution in [0.4, 0.5) is 4.79 Å². The van der Waals surface area contributed by atoms with E-state index in [-0.39, 0.29) is 6.03 Å². The lowest BCUT2D eigenvalue weighted by Gasteiger charge is -2.03. The van der Waals surface area contributed by atoms with Crippen LogP contribution in [-0.4, -0.2) is 25.2 Å². The molecule has 1 aliphatic heterocycles. The van der Waals surface area contributed by atoms with E-state index >= 15 is 0 Å². The van der Waals surface area contributed by atoms with Crippen molar-refractivity contribution in [2.75, 3.05) is 13.1 Å². The molecule has 56 valence electrons.